The maximum Gasteiger partial charge on any atom is 0.228 e. The standard InChI is InChI=1S/C22H24N10O/c1-15-11-16(2)32(29-15)20-4-3-19(27-28-20)30-8-5-17(6-9-30)22(33)26-18-12-21(25-13-24-18)31-10-7-23-14-31/h3-4,7,10-14,17H,5-6,8-9H2,1-2H3,(H,24,25,26,33). The lowest BCUT2D eigenvalue weighted by Gasteiger charge is -2.31. The molecule has 33 heavy (non-hydrogen) atoms. The van der Waals surface area contributed by atoms with Crippen LogP contribution in [-0.2, 0) is 4.79 Å². The van der Waals surface area contributed by atoms with Crippen molar-refractivity contribution in [2.75, 3.05) is 23.3 Å². The van der Waals surface area contributed by atoms with E-state index in [1.807, 2.05) is 32.0 Å². The van der Waals surface area contributed by atoms with Crippen molar-refractivity contribution in [3.05, 3.63) is 60.7 Å². The van der Waals surface area contributed by atoms with Crippen LogP contribution in [0.5, 0.6) is 0 Å². The van der Waals surface area contributed by atoms with E-state index in [0.717, 1.165) is 43.1 Å². The third-order valence-electron chi connectivity index (χ3n) is 5.73. The summed E-state index contributed by atoms with van der Waals surface area (Å²) in [4.78, 5) is 27.4. The van der Waals surface area contributed by atoms with Gasteiger partial charge in [0.25, 0.3) is 0 Å². The number of carbonyl (C=O) groups excluding carboxylic acids is 1. The molecule has 4 aromatic heterocycles. The van der Waals surface area contributed by atoms with Crippen LogP contribution in [0.25, 0.3) is 11.6 Å². The van der Waals surface area contributed by atoms with Crippen molar-refractivity contribution in [3.63, 3.8) is 0 Å². The summed E-state index contributed by atoms with van der Waals surface area (Å²) < 4.78 is 3.55. The van der Waals surface area contributed by atoms with Gasteiger partial charge >= 0.3 is 0 Å². The maximum absolute atomic E-state index is 12.8. The van der Waals surface area contributed by atoms with E-state index in [0.29, 0.717) is 17.5 Å². The van der Waals surface area contributed by atoms with Crippen molar-refractivity contribution >= 4 is 17.5 Å². The minimum Gasteiger partial charge on any atom is -0.355 e. The molecule has 1 amide bonds. The van der Waals surface area contributed by atoms with Gasteiger partial charge in [0.15, 0.2) is 11.6 Å². The summed E-state index contributed by atoms with van der Waals surface area (Å²) >= 11 is 0. The van der Waals surface area contributed by atoms with Crippen LogP contribution in [0.3, 0.4) is 0 Å². The molecule has 0 saturated carbocycles. The molecule has 1 aliphatic heterocycles. The maximum atomic E-state index is 12.8. The highest BCUT2D eigenvalue weighted by Gasteiger charge is 2.26. The first-order valence-corrected chi connectivity index (χ1v) is 10.8. The first-order chi connectivity index (χ1) is 16.1. The summed E-state index contributed by atoms with van der Waals surface area (Å²) in [6, 6.07) is 7.62. The van der Waals surface area contributed by atoms with Gasteiger partial charge in [0.05, 0.1) is 5.69 Å². The second-order valence-corrected chi connectivity index (χ2v) is 8.07. The Morgan fingerprint density at radius 1 is 1.03 bits per heavy atom. The Kier molecular flexibility index (Phi) is 5.51. The fourth-order valence-corrected chi connectivity index (χ4v) is 4.01. The van der Waals surface area contributed by atoms with Gasteiger partial charge in [-0.05, 0) is 44.9 Å². The van der Waals surface area contributed by atoms with E-state index in [1.165, 1.54) is 6.33 Å². The molecule has 1 aliphatic rings. The zero-order valence-electron chi connectivity index (χ0n) is 18.5. The van der Waals surface area contributed by atoms with Gasteiger partial charge in [-0.15, -0.1) is 10.2 Å². The summed E-state index contributed by atoms with van der Waals surface area (Å²) in [6.45, 7) is 5.41. The molecule has 0 unspecified atom stereocenters. The Hall–Kier alpha value is -4.15. The first-order valence-electron chi connectivity index (χ1n) is 10.8. The van der Waals surface area contributed by atoms with Gasteiger partial charge in [-0.25, -0.2) is 19.6 Å². The molecule has 168 valence electrons. The molecule has 5 heterocycles. The number of nitrogens with zero attached hydrogens (tertiary/aromatic N) is 9. The van der Waals surface area contributed by atoms with E-state index >= 15 is 0 Å². The molecule has 4 aromatic rings. The summed E-state index contributed by atoms with van der Waals surface area (Å²) in [5.74, 6) is 2.51. The number of aromatic nitrogens is 8. The number of piperidine rings is 1. The molecule has 1 N–H and O–H groups in total. The predicted molar refractivity (Wildman–Crippen MR) is 121 cm³/mol. The third kappa shape index (κ3) is 4.43. The fourth-order valence-electron chi connectivity index (χ4n) is 4.01. The van der Waals surface area contributed by atoms with Crippen LogP contribution in [-0.4, -0.2) is 58.5 Å². The van der Waals surface area contributed by atoms with E-state index in [2.05, 4.69) is 40.5 Å². The van der Waals surface area contributed by atoms with Gasteiger partial charge in [0, 0.05) is 43.2 Å². The average Bonchev–Trinajstić information content (AvgIpc) is 3.49. The lowest BCUT2D eigenvalue weighted by molar-refractivity contribution is -0.120. The van der Waals surface area contributed by atoms with Crippen LogP contribution in [0.2, 0.25) is 0 Å². The van der Waals surface area contributed by atoms with Crippen LogP contribution in [0.1, 0.15) is 24.2 Å². The van der Waals surface area contributed by atoms with Gasteiger partial charge in [0.2, 0.25) is 5.91 Å². The Labute approximate surface area is 190 Å². The van der Waals surface area contributed by atoms with Crippen molar-refractivity contribution in [2.45, 2.75) is 26.7 Å². The molecule has 0 bridgehead atoms. The second-order valence-electron chi connectivity index (χ2n) is 8.07. The molecule has 11 heteroatoms. The minimum absolute atomic E-state index is 0.0316. The normalized spacial score (nSPS) is 14.4. The number of rotatable bonds is 5. The van der Waals surface area contributed by atoms with E-state index in [-0.39, 0.29) is 11.8 Å². The number of hydrogen-bond donors (Lipinski definition) is 1. The molecule has 0 spiro atoms. The molecular formula is C22H24N10O. The molecule has 1 fully saturated rings. The molecular weight excluding hydrogens is 420 g/mol. The zero-order valence-corrected chi connectivity index (χ0v) is 18.5. The lowest BCUT2D eigenvalue weighted by atomic mass is 9.96. The van der Waals surface area contributed by atoms with Crippen molar-refractivity contribution < 1.29 is 4.79 Å². The predicted octanol–water partition coefficient (Wildman–Crippen LogP) is 2.11. The van der Waals surface area contributed by atoms with Gasteiger partial charge in [-0.3, -0.25) is 9.36 Å². The lowest BCUT2D eigenvalue weighted by Crippen LogP contribution is -2.38. The van der Waals surface area contributed by atoms with Gasteiger partial charge in [-0.2, -0.15) is 5.10 Å². The zero-order chi connectivity index (χ0) is 22.8. The van der Waals surface area contributed by atoms with Crippen molar-refractivity contribution in [3.8, 4) is 11.6 Å². The van der Waals surface area contributed by atoms with E-state index in [1.54, 1.807) is 34.0 Å². The minimum atomic E-state index is -0.0881. The van der Waals surface area contributed by atoms with E-state index in [4.69, 9.17) is 0 Å². The van der Waals surface area contributed by atoms with Crippen LogP contribution >= 0.6 is 0 Å². The Bertz CT molecular complexity index is 1240. The van der Waals surface area contributed by atoms with Crippen molar-refractivity contribution in [1.82, 2.24) is 39.5 Å². The summed E-state index contributed by atoms with van der Waals surface area (Å²) in [6.07, 6.45) is 8.00. The number of anilines is 2. The van der Waals surface area contributed by atoms with Crippen molar-refractivity contribution in [2.24, 2.45) is 5.92 Å². The highest BCUT2D eigenvalue weighted by Crippen LogP contribution is 2.23. The summed E-state index contributed by atoms with van der Waals surface area (Å²) in [7, 11) is 0. The summed E-state index contributed by atoms with van der Waals surface area (Å²) in [5.41, 5.74) is 1.96. The van der Waals surface area contributed by atoms with Crippen LogP contribution in [0.4, 0.5) is 11.6 Å². The SMILES string of the molecule is Cc1cc(C)n(-c2ccc(N3CCC(C(=O)Nc4cc(-n5ccnc5)ncn4)CC3)nn2)n1. The molecule has 0 atom stereocenters. The number of carbonyl (C=O) groups is 1. The van der Waals surface area contributed by atoms with Gasteiger partial charge in [0.1, 0.15) is 24.3 Å². The van der Waals surface area contributed by atoms with Crippen LogP contribution < -0.4 is 10.2 Å². The number of amides is 1. The first kappa shape index (κ1) is 20.7. The number of nitrogens with one attached hydrogen (secondary N) is 1. The fraction of sp³-hybridized carbons (Fsp3) is 0.318. The second kappa shape index (κ2) is 8.77. The molecule has 0 aliphatic carbocycles. The largest absolute Gasteiger partial charge is 0.355 e. The third-order valence-corrected chi connectivity index (χ3v) is 5.73. The average molecular weight is 445 g/mol. The topological polar surface area (TPSA) is 120 Å². The summed E-state index contributed by atoms with van der Waals surface area (Å²) in [5, 5.41) is 16.1. The van der Waals surface area contributed by atoms with E-state index in [9.17, 15) is 4.79 Å². The molecule has 0 aromatic carbocycles. The molecule has 0 radical (unpaired) electrons. The number of aryl methyl sites for hydroxylation is 2. The van der Waals surface area contributed by atoms with E-state index < -0.39 is 0 Å². The van der Waals surface area contributed by atoms with Crippen LogP contribution in [0, 0.1) is 19.8 Å². The Balaban J connectivity index is 1.18. The number of hydrogen-bond acceptors (Lipinski definition) is 8. The van der Waals surface area contributed by atoms with Crippen LogP contribution in [0.15, 0.2) is 49.3 Å². The Morgan fingerprint density at radius 3 is 2.48 bits per heavy atom. The Morgan fingerprint density at radius 2 is 1.82 bits per heavy atom. The van der Waals surface area contributed by atoms with Crippen molar-refractivity contribution in [1.29, 1.82) is 0 Å². The van der Waals surface area contributed by atoms with Gasteiger partial charge < -0.3 is 10.2 Å². The highest BCUT2D eigenvalue weighted by atomic mass is 16.2. The smallest absolute Gasteiger partial charge is 0.228 e. The quantitative estimate of drug-likeness (QED) is 0.497. The number of imidazole rings is 1. The highest BCUT2D eigenvalue weighted by molar-refractivity contribution is 5.92. The molecule has 11 nitrogen and oxygen atoms in total. The van der Waals surface area contributed by atoms with Gasteiger partial charge in [-0.1, -0.05) is 0 Å². The molecule has 1 saturated heterocycles. The molecule has 5 rings (SSSR count). The monoisotopic (exact) mass is 444 g/mol.